The number of nitrogens with one attached hydrogen (secondary N) is 1. The monoisotopic (exact) mass is 364 g/mol. The Balaban J connectivity index is 1.88. The Bertz CT molecular complexity index is 860. The van der Waals surface area contributed by atoms with Crippen molar-refractivity contribution < 1.29 is 13.2 Å². The molecule has 0 atom stereocenters. The third kappa shape index (κ3) is 3.96. The maximum Gasteiger partial charge on any atom is 0.416 e. The number of anilines is 2. The van der Waals surface area contributed by atoms with Crippen LogP contribution in [-0.2, 0) is 6.18 Å². The molecule has 3 heterocycles. The van der Waals surface area contributed by atoms with Crippen LogP contribution in [-0.4, -0.2) is 15.0 Å². The van der Waals surface area contributed by atoms with E-state index in [9.17, 15) is 13.2 Å². The molecule has 1 N–H and O–H groups in total. The summed E-state index contributed by atoms with van der Waals surface area (Å²) in [5, 5.41) is 5.09. The molecule has 8 heteroatoms. The van der Waals surface area contributed by atoms with E-state index in [0.717, 1.165) is 6.07 Å². The minimum Gasteiger partial charge on any atom is -0.316 e. The lowest BCUT2D eigenvalue weighted by molar-refractivity contribution is -0.138. The van der Waals surface area contributed by atoms with Crippen molar-refractivity contribution in [2.75, 3.05) is 5.32 Å². The normalized spacial score (nSPS) is 11.8. The van der Waals surface area contributed by atoms with Crippen molar-refractivity contribution in [2.45, 2.75) is 25.9 Å². The van der Waals surface area contributed by atoms with Gasteiger partial charge in [0.1, 0.15) is 11.5 Å². The molecule has 0 bridgehead atoms. The van der Waals surface area contributed by atoms with Crippen LogP contribution >= 0.6 is 11.3 Å². The summed E-state index contributed by atoms with van der Waals surface area (Å²) in [6, 6.07) is 6.48. The molecule has 0 aliphatic heterocycles. The number of nitrogens with zero attached hydrogens (tertiary/aromatic N) is 3. The van der Waals surface area contributed by atoms with E-state index in [0.29, 0.717) is 16.5 Å². The number of rotatable bonds is 4. The summed E-state index contributed by atoms with van der Waals surface area (Å²) < 4.78 is 39.8. The maximum absolute atomic E-state index is 13.3. The van der Waals surface area contributed by atoms with Crippen LogP contribution in [0.2, 0.25) is 0 Å². The highest BCUT2D eigenvalue weighted by Gasteiger charge is 2.34. The summed E-state index contributed by atoms with van der Waals surface area (Å²) in [5.74, 6) is -0.160. The van der Waals surface area contributed by atoms with Crippen molar-refractivity contribution >= 4 is 22.3 Å². The molecular formula is C17H15F3N4S. The lowest BCUT2D eigenvalue weighted by atomic mass is 9.99. The zero-order valence-electron chi connectivity index (χ0n) is 13.5. The molecule has 0 spiro atoms. The summed E-state index contributed by atoms with van der Waals surface area (Å²) in [6.45, 7) is 3.42. The van der Waals surface area contributed by atoms with Crippen molar-refractivity contribution in [3.05, 3.63) is 53.2 Å². The Morgan fingerprint density at radius 1 is 1.12 bits per heavy atom. The van der Waals surface area contributed by atoms with Gasteiger partial charge in [-0.25, -0.2) is 9.97 Å². The molecule has 130 valence electrons. The highest BCUT2D eigenvalue weighted by Crippen LogP contribution is 2.36. The Morgan fingerprint density at radius 3 is 2.56 bits per heavy atom. The smallest absolute Gasteiger partial charge is 0.316 e. The molecule has 0 aromatic carbocycles. The van der Waals surface area contributed by atoms with Crippen LogP contribution in [0.5, 0.6) is 0 Å². The number of aromatic nitrogens is 3. The fraction of sp³-hybridized carbons (Fsp3) is 0.235. The Morgan fingerprint density at radius 2 is 1.92 bits per heavy atom. The molecule has 0 saturated carbocycles. The average Bonchev–Trinajstić information content (AvgIpc) is 3.03. The van der Waals surface area contributed by atoms with Crippen molar-refractivity contribution in [1.29, 1.82) is 0 Å². The summed E-state index contributed by atoms with van der Waals surface area (Å²) in [5.41, 5.74) is 0.849. The van der Waals surface area contributed by atoms with Crippen molar-refractivity contribution in [2.24, 2.45) is 0 Å². The van der Waals surface area contributed by atoms with E-state index in [4.69, 9.17) is 0 Å². The first-order valence-electron chi connectivity index (χ1n) is 7.55. The minimum atomic E-state index is -4.43. The maximum atomic E-state index is 13.3. The van der Waals surface area contributed by atoms with Crippen LogP contribution in [0.3, 0.4) is 0 Å². The van der Waals surface area contributed by atoms with Gasteiger partial charge in [-0.1, -0.05) is 19.9 Å². The van der Waals surface area contributed by atoms with Crippen LogP contribution in [0.15, 0.2) is 42.0 Å². The molecular weight excluding hydrogens is 349 g/mol. The highest BCUT2D eigenvalue weighted by atomic mass is 32.1. The van der Waals surface area contributed by atoms with Crippen molar-refractivity contribution in [3.8, 4) is 11.4 Å². The SMILES string of the molecule is CC(C)c1cnc(Nc2nc(-c3ccccn3)cs2)cc1C(F)(F)F. The molecule has 0 aliphatic carbocycles. The molecule has 0 saturated heterocycles. The van der Waals surface area contributed by atoms with Gasteiger partial charge in [0.25, 0.3) is 0 Å². The minimum absolute atomic E-state index is 0.110. The predicted octanol–water partition coefficient (Wildman–Crippen LogP) is 5.49. The first-order chi connectivity index (χ1) is 11.8. The van der Waals surface area contributed by atoms with Gasteiger partial charge in [0, 0.05) is 17.8 Å². The largest absolute Gasteiger partial charge is 0.416 e. The molecule has 25 heavy (non-hydrogen) atoms. The standard InChI is InChI=1S/C17H15F3N4S/c1-10(2)11-8-22-15(7-12(11)17(18,19)20)24-16-23-14(9-25-16)13-5-3-4-6-21-13/h3-10H,1-2H3,(H,22,23,24). The number of halogens is 3. The van der Waals surface area contributed by atoms with Gasteiger partial charge in [-0.3, -0.25) is 4.98 Å². The molecule has 4 nitrogen and oxygen atoms in total. The number of alkyl halides is 3. The summed E-state index contributed by atoms with van der Waals surface area (Å²) >= 11 is 1.28. The topological polar surface area (TPSA) is 50.7 Å². The molecule has 3 aromatic rings. The van der Waals surface area contributed by atoms with Gasteiger partial charge in [0.15, 0.2) is 5.13 Å². The first kappa shape index (κ1) is 17.3. The molecule has 3 rings (SSSR count). The fourth-order valence-electron chi connectivity index (χ4n) is 2.31. The van der Waals surface area contributed by atoms with Gasteiger partial charge in [-0.05, 0) is 29.7 Å². The lowest BCUT2D eigenvalue weighted by Crippen LogP contribution is -2.11. The van der Waals surface area contributed by atoms with E-state index in [2.05, 4.69) is 20.3 Å². The second-order valence-electron chi connectivity index (χ2n) is 5.69. The first-order valence-corrected chi connectivity index (χ1v) is 8.43. The zero-order chi connectivity index (χ0) is 18.0. The van der Waals surface area contributed by atoms with Crippen LogP contribution in [0.4, 0.5) is 24.1 Å². The third-order valence-corrected chi connectivity index (χ3v) is 4.29. The van der Waals surface area contributed by atoms with E-state index >= 15 is 0 Å². The molecule has 0 unspecified atom stereocenters. The quantitative estimate of drug-likeness (QED) is 0.665. The number of thiazole rings is 1. The van der Waals surface area contributed by atoms with Gasteiger partial charge in [0.05, 0.1) is 11.3 Å². The van der Waals surface area contributed by atoms with Crippen molar-refractivity contribution in [1.82, 2.24) is 15.0 Å². The number of hydrogen-bond donors (Lipinski definition) is 1. The summed E-state index contributed by atoms with van der Waals surface area (Å²) in [6.07, 6.45) is -1.51. The van der Waals surface area contributed by atoms with Crippen LogP contribution < -0.4 is 5.32 Å². The van der Waals surface area contributed by atoms with Crippen LogP contribution in [0, 0.1) is 0 Å². The third-order valence-electron chi connectivity index (χ3n) is 3.53. The fourth-order valence-corrected chi connectivity index (χ4v) is 3.02. The average molecular weight is 364 g/mol. The highest BCUT2D eigenvalue weighted by molar-refractivity contribution is 7.14. The number of pyridine rings is 2. The second-order valence-corrected chi connectivity index (χ2v) is 6.55. The van der Waals surface area contributed by atoms with E-state index < -0.39 is 11.7 Å². The van der Waals surface area contributed by atoms with Crippen LogP contribution in [0.25, 0.3) is 11.4 Å². The van der Waals surface area contributed by atoms with Gasteiger partial charge in [-0.2, -0.15) is 13.2 Å². The predicted molar refractivity (Wildman–Crippen MR) is 92.0 cm³/mol. The van der Waals surface area contributed by atoms with Gasteiger partial charge >= 0.3 is 6.18 Å². The van der Waals surface area contributed by atoms with E-state index in [-0.39, 0.29) is 17.3 Å². The molecule has 0 aliphatic rings. The molecule has 3 aromatic heterocycles. The Labute approximate surface area is 146 Å². The summed E-state index contributed by atoms with van der Waals surface area (Å²) in [7, 11) is 0. The summed E-state index contributed by atoms with van der Waals surface area (Å²) in [4.78, 5) is 12.6. The molecule has 0 fully saturated rings. The van der Waals surface area contributed by atoms with Gasteiger partial charge in [0.2, 0.25) is 0 Å². The van der Waals surface area contributed by atoms with Gasteiger partial charge in [-0.15, -0.1) is 11.3 Å². The molecule has 0 amide bonds. The lowest BCUT2D eigenvalue weighted by Gasteiger charge is -2.16. The molecule has 0 radical (unpaired) electrons. The zero-order valence-corrected chi connectivity index (χ0v) is 14.3. The van der Waals surface area contributed by atoms with Crippen LogP contribution in [0.1, 0.15) is 30.9 Å². The second kappa shape index (κ2) is 6.79. The van der Waals surface area contributed by atoms with E-state index in [1.54, 1.807) is 31.5 Å². The van der Waals surface area contributed by atoms with E-state index in [1.807, 2.05) is 12.1 Å². The Hall–Kier alpha value is -2.48. The number of hydrogen-bond acceptors (Lipinski definition) is 5. The van der Waals surface area contributed by atoms with E-state index in [1.165, 1.54) is 17.5 Å². The van der Waals surface area contributed by atoms with Crippen molar-refractivity contribution in [3.63, 3.8) is 0 Å². The Kier molecular flexibility index (Phi) is 4.71. The van der Waals surface area contributed by atoms with Gasteiger partial charge < -0.3 is 5.32 Å².